The Balaban J connectivity index is 1.67. The van der Waals surface area contributed by atoms with Crippen molar-refractivity contribution in [3.05, 3.63) is 60.8 Å². The van der Waals surface area contributed by atoms with Crippen molar-refractivity contribution in [1.29, 1.82) is 0 Å². The summed E-state index contributed by atoms with van der Waals surface area (Å²) < 4.78 is 5.45. The van der Waals surface area contributed by atoms with Crippen molar-refractivity contribution in [2.45, 2.75) is 12.6 Å². The van der Waals surface area contributed by atoms with Crippen LogP contribution in [0.3, 0.4) is 0 Å². The molecule has 4 heteroatoms. The van der Waals surface area contributed by atoms with Gasteiger partial charge in [0.05, 0.1) is 6.04 Å². The molecule has 1 amide bonds. The summed E-state index contributed by atoms with van der Waals surface area (Å²) >= 11 is 0. The molecule has 0 bridgehead atoms. The van der Waals surface area contributed by atoms with Gasteiger partial charge in [-0.15, -0.1) is 6.58 Å². The fraction of sp³-hybridized carbons (Fsp3) is 0.353. The zero-order valence-corrected chi connectivity index (χ0v) is 12.0. The molecule has 2 aliphatic heterocycles. The van der Waals surface area contributed by atoms with E-state index in [2.05, 4.69) is 18.5 Å². The van der Waals surface area contributed by atoms with Crippen molar-refractivity contribution >= 4 is 6.09 Å². The third-order valence-electron chi connectivity index (χ3n) is 4.36. The second-order valence-electron chi connectivity index (χ2n) is 5.61. The number of fused-ring (bicyclic) bond motifs is 1. The van der Waals surface area contributed by atoms with Gasteiger partial charge >= 0.3 is 6.09 Å². The molecule has 3 atom stereocenters. The average molecular weight is 284 g/mol. The highest BCUT2D eigenvalue weighted by atomic mass is 16.6. The lowest BCUT2D eigenvalue weighted by molar-refractivity contribution is 0.0949. The Kier molecular flexibility index (Phi) is 3.69. The fourth-order valence-corrected chi connectivity index (χ4v) is 3.24. The van der Waals surface area contributed by atoms with Crippen molar-refractivity contribution in [3.8, 4) is 0 Å². The summed E-state index contributed by atoms with van der Waals surface area (Å²) in [6.45, 7) is 9.71. The smallest absolute Gasteiger partial charge is 0.410 e. The van der Waals surface area contributed by atoms with E-state index in [1.807, 2.05) is 36.4 Å². The van der Waals surface area contributed by atoms with Crippen molar-refractivity contribution in [2.24, 2.45) is 11.8 Å². The van der Waals surface area contributed by atoms with Crippen LogP contribution in [0.25, 0.3) is 0 Å². The Morgan fingerprint density at radius 1 is 1.43 bits per heavy atom. The van der Waals surface area contributed by atoms with Gasteiger partial charge in [0.1, 0.15) is 6.61 Å². The SMILES string of the molecule is C=CC1CN(C(=O)OCc2ccccc2)C2C(=C)NCC12. The van der Waals surface area contributed by atoms with E-state index in [1.54, 1.807) is 4.90 Å². The molecule has 0 aliphatic carbocycles. The summed E-state index contributed by atoms with van der Waals surface area (Å²) in [6, 6.07) is 9.73. The summed E-state index contributed by atoms with van der Waals surface area (Å²) in [5.74, 6) is 0.658. The lowest BCUT2D eigenvalue weighted by atomic mass is 9.93. The minimum Gasteiger partial charge on any atom is -0.445 e. The minimum absolute atomic E-state index is 0.0243. The predicted molar refractivity (Wildman–Crippen MR) is 81.4 cm³/mol. The minimum atomic E-state index is -0.275. The van der Waals surface area contributed by atoms with Crippen LogP contribution in [0.5, 0.6) is 0 Å². The van der Waals surface area contributed by atoms with Gasteiger partial charge in [-0.2, -0.15) is 0 Å². The summed E-state index contributed by atoms with van der Waals surface area (Å²) in [7, 11) is 0. The maximum atomic E-state index is 12.4. The zero-order chi connectivity index (χ0) is 14.8. The number of benzene rings is 1. The fourth-order valence-electron chi connectivity index (χ4n) is 3.24. The van der Waals surface area contributed by atoms with Crippen LogP contribution >= 0.6 is 0 Å². The number of carbonyl (C=O) groups excluding carboxylic acids is 1. The van der Waals surface area contributed by atoms with E-state index in [4.69, 9.17) is 4.74 Å². The molecule has 2 saturated heterocycles. The van der Waals surface area contributed by atoms with Crippen LogP contribution < -0.4 is 5.32 Å². The zero-order valence-electron chi connectivity index (χ0n) is 12.0. The van der Waals surface area contributed by atoms with E-state index in [1.165, 1.54) is 0 Å². The van der Waals surface area contributed by atoms with E-state index < -0.39 is 0 Å². The Hall–Kier alpha value is -2.23. The quantitative estimate of drug-likeness (QED) is 0.867. The summed E-state index contributed by atoms with van der Waals surface area (Å²) in [5, 5.41) is 3.25. The highest BCUT2D eigenvalue weighted by Crippen LogP contribution is 2.37. The van der Waals surface area contributed by atoms with Crippen LogP contribution in [-0.4, -0.2) is 30.1 Å². The Labute approximate surface area is 125 Å². The first-order valence-corrected chi connectivity index (χ1v) is 7.23. The van der Waals surface area contributed by atoms with Gasteiger partial charge in [0.2, 0.25) is 0 Å². The van der Waals surface area contributed by atoms with Gasteiger partial charge in [0.15, 0.2) is 0 Å². The lowest BCUT2D eigenvalue weighted by Gasteiger charge is -2.23. The molecule has 2 fully saturated rings. The molecule has 2 heterocycles. The van der Waals surface area contributed by atoms with E-state index in [0.29, 0.717) is 25.0 Å². The largest absolute Gasteiger partial charge is 0.445 e. The van der Waals surface area contributed by atoms with Gasteiger partial charge in [0.25, 0.3) is 0 Å². The van der Waals surface area contributed by atoms with Crippen molar-refractivity contribution in [2.75, 3.05) is 13.1 Å². The molecule has 0 saturated carbocycles. The van der Waals surface area contributed by atoms with Gasteiger partial charge in [-0.1, -0.05) is 43.0 Å². The second kappa shape index (κ2) is 5.64. The number of hydrogen-bond donors (Lipinski definition) is 1. The molecular formula is C17H20N2O2. The number of hydrogen-bond acceptors (Lipinski definition) is 3. The highest BCUT2D eigenvalue weighted by Gasteiger charge is 2.47. The molecule has 3 unspecified atom stereocenters. The number of carbonyl (C=O) groups is 1. The van der Waals surface area contributed by atoms with Crippen LogP contribution in [0.15, 0.2) is 55.3 Å². The number of nitrogens with one attached hydrogen (secondary N) is 1. The molecule has 3 rings (SSSR count). The molecule has 0 spiro atoms. The molecule has 21 heavy (non-hydrogen) atoms. The molecule has 4 nitrogen and oxygen atoms in total. The third kappa shape index (κ3) is 2.53. The maximum absolute atomic E-state index is 12.4. The van der Waals surface area contributed by atoms with Gasteiger partial charge in [-0.05, 0) is 5.56 Å². The maximum Gasteiger partial charge on any atom is 0.410 e. The number of ether oxygens (including phenoxy) is 1. The lowest BCUT2D eigenvalue weighted by Crippen LogP contribution is -2.38. The second-order valence-corrected chi connectivity index (χ2v) is 5.61. The van der Waals surface area contributed by atoms with Crippen molar-refractivity contribution in [3.63, 3.8) is 0 Å². The van der Waals surface area contributed by atoms with Gasteiger partial charge in [0, 0.05) is 30.6 Å². The number of amides is 1. The van der Waals surface area contributed by atoms with E-state index in [-0.39, 0.29) is 12.1 Å². The molecule has 2 aliphatic rings. The molecule has 110 valence electrons. The average Bonchev–Trinajstić information content (AvgIpc) is 3.07. The van der Waals surface area contributed by atoms with E-state index in [9.17, 15) is 4.79 Å². The summed E-state index contributed by atoms with van der Waals surface area (Å²) in [6.07, 6.45) is 1.66. The topological polar surface area (TPSA) is 41.6 Å². The Bertz CT molecular complexity index is 555. The van der Waals surface area contributed by atoms with Gasteiger partial charge < -0.3 is 10.1 Å². The standard InChI is InChI=1S/C17H20N2O2/c1-3-14-10-19(16-12(2)18-9-15(14)16)17(20)21-11-13-7-5-4-6-8-13/h3-8,14-16,18H,1-2,9-11H2. The first kappa shape index (κ1) is 13.7. The highest BCUT2D eigenvalue weighted by molar-refractivity contribution is 5.69. The predicted octanol–water partition coefficient (Wildman–Crippen LogP) is 2.54. The van der Waals surface area contributed by atoms with Crippen LogP contribution in [0.1, 0.15) is 5.56 Å². The Morgan fingerprint density at radius 2 is 2.19 bits per heavy atom. The van der Waals surface area contributed by atoms with Crippen molar-refractivity contribution in [1.82, 2.24) is 10.2 Å². The van der Waals surface area contributed by atoms with Crippen molar-refractivity contribution < 1.29 is 9.53 Å². The van der Waals surface area contributed by atoms with E-state index >= 15 is 0 Å². The first-order valence-electron chi connectivity index (χ1n) is 7.23. The monoisotopic (exact) mass is 284 g/mol. The molecule has 1 aromatic rings. The van der Waals surface area contributed by atoms with E-state index in [0.717, 1.165) is 17.8 Å². The molecule has 0 radical (unpaired) electrons. The normalized spacial score (nSPS) is 27.1. The summed E-state index contributed by atoms with van der Waals surface area (Å²) in [5.41, 5.74) is 1.89. The number of likely N-dealkylation sites (tertiary alicyclic amines) is 1. The van der Waals surface area contributed by atoms with Crippen LogP contribution in [0.4, 0.5) is 4.79 Å². The van der Waals surface area contributed by atoms with Crippen LogP contribution in [-0.2, 0) is 11.3 Å². The number of nitrogens with zero attached hydrogens (tertiary/aromatic N) is 1. The van der Waals surface area contributed by atoms with Crippen LogP contribution in [0.2, 0.25) is 0 Å². The Morgan fingerprint density at radius 3 is 2.90 bits per heavy atom. The van der Waals surface area contributed by atoms with Crippen LogP contribution in [0, 0.1) is 11.8 Å². The molecule has 0 aromatic heterocycles. The molecule has 1 aromatic carbocycles. The number of rotatable bonds is 3. The molecule has 1 N–H and O–H groups in total. The van der Waals surface area contributed by atoms with Gasteiger partial charge in [-0.25, -0.2) is 4.79 Å². The van der Waals surface area contributed by atoms with Gasteiger partial charge in [-0.3, -0.25) is 4.90 Å². The molecular weight excluding hydrogens is 264 g/mol. The first-order chi connectivity index (χ1) is 10.2. The third-order valence-corrected chi connectivity index (χ3v) is 4.36. The summed E-state index contributed by atoms with van der Waals surface area (Å²) in [4.78, 5) is 14.1.